The molecule has 1 aliphatic rings. The van der Waals surface area contributed by atoms with Crippen LogP contribution >= 0.6 is 0 Å². The molecule has 0 bridgehead atoms. The maximum absolute atomic E-state index is 13.7. The van der Waals surface area contributed by atoms with E-state index in [0.717, 1.165) is 5.56 Å². The highest BCUT2D eigenvalue weighted by Crippen LogP contribution is 2.41. The molecule has 8 heteroatoms. The van der Waals surface area contributed by atoms with Crippen molar-refractivity contribution in [3.63, 3.8) is 0 Å². The zero-order chi connectivity index (χ0) is 17.4. The quantitative estimate of drug-likeness (QED) is 0.756. The number of carbonyl (C=O) groups is 1. The normalized spacial score (nSPS) is 19.6. The minimum atomic E-state index is -1.24. The Morgan fingerprint density at radius 2 is 1.84 bits per heavy atom. The summed E-state index contributed by atoms with van der Waals surface area (Å²) in [6.45, 7) is 3.88. The van der Waals surface area contributed by atoms with Gasteiger partial charge in [0.1, 0.15) is 6.33 Å². The van der Waals surface area contributed by atoms with Gasteiger partial charge in [0.15, 0.2) is 17.5 Å². The summed E-state index contributed by atoms with van der Waals surface area (Å²) < 4.78 is 0. The average Bonchev–Trinajstić information content (AvgIpc) is 3.16. The van der Waals surface area contributed by atoms with Crippen LogP contribution in [0, 0.1) is 0 Å². The Balaban J connectivity index is 2.01. The minimum Gasteiger partial charge on any atom is -0.343 e. The predicted molar refractivity (Wildman–Crippen MR) is 91.9 cm³/mol. The smallest absolute Gasteiger partial charge is 0.266 e. The second kappa shape index (κ2) is 5.66. The molecule has 0 spiro atoms. The predicted octanol–water partition coefficient (Wildman–Crippen LogP) is 1.71. The molecule has 1 atom stereocenters. The zero-order valence-electron chi connectivity index (χ0n) is 13.8. The molecule has 0 saturated heterocycles. The van der Waals surface area contributed by atoms with Gasteiger partial charge < -0.3 is 5.32 Å². The first-order chi connectivity index (χ1) is 12.1. The lowest BCUT2D eigenvalue weighted by atomic mass is 9.85. The number of H-pyrrole nitrogens is 1. The van der Waals surface area contributed by atoms with Crippen LogP contribution in [0.4, 0.5) is 11.6 Å². The summed E-state index contributed by atoms with van der Waals surface area (Å²) in [5.41, 5.74) is -0.496. The lowest BCUT2D eigenvalue weighted by molar-refractivity contribution is -0.122. The molecular formula is C17H17N7O. The number of hydrogen-bond acceptors (Lipinski definition) is 6. The minimum absolute atomic E-state index is 0.101. The molecule has 25 heavy (non-hydrogen) atoms. The Morgan fingerprint density at radius 3 is 2.52 bits per heavy atom. The molecule has 8 nitrogen and oxygen atoms in total. The first kappa shape index (κ1) is 15.3. The molecule has 2 aromatic heterocycles. The van der Waals surface area contributed by atoms with Crippen LogP contribution in [-0.4, -0.2) is 37.1 Å². The first-order valence-corrected chi connectivity index (χ1v) is 7.99. The molecule has 0 saturated carbocycles. The number of rotatable bonds is 3. The Bertz CT molecular complexity index is 894. The monoisotopic (exact) mass is 335 g/mol. The Labute approximate surface area is 144 Å². The number of anilines is 2. The molecule has 2 N–H and O–H groups in total. The van der Waals surface area contributed by atoms with Gasteiger partial charge in [-0.1, -0.05) is 30.3 Å². The lowest BCUT2D eigenvalue weighted by Gasteiger charge is -2.42. The number of nitrogens with zero attached hydrogens (tertiary/aromatic N) is 5. The Morgan fingerprint density at radius 1 is 1.08 bits per heavy atom. The Hall–Kier alpha value is -3.29. The SMILES string of the molecule is CC(C)N1C(=O)C(c2ccccc2)(c2ncn[nH]2)Nc2nccnc21. The highest BCUT2D eigenvalue weighted by Gasteiger charge is 2.52. The van der Waals surface area contributed by atoms with Crippen molar-refractivity contribution >= 4 is 17.5 Å². The van der Waals surface area contributed by atoms with Gasteiger partial charge in [-0.05, 0) is 19.4 Å². The number of hydrogen-bond donors (Lipinski definition) is 2. The largest absolute Gasteiger partial charge is 0.343 e. The van der Waals surface area contributed by atoms with E-state index in [4.69, 9.17) is 0 Å². The summed E-state index contributed by atoms with van der Waals surface area (Å²) in [7, 11) is 0. The van der Waals surface area contributed by atoms with Gasteiger partial charge >= 0.3 is 0 Å². The van der Waals surface area contributed by atoms with E-state index in [1.165, 1.54) is 6.33 Å². The molecule has 4 rings (SSSR count). The van der Waals surface area contributed by atoms with Gasteiger partial charge in [-0.15, -0.1) is 0 Å². The average molecular weight is 335 g/mol. The van der Waals surface area contributed by atoms with Gasteiger partial charge in [0.05, 0.1) is 0 Å². The van der Waals surface area contributed by atoms with E-state index in [0.29, 0.717) is 17.5 Å². The summed E-state index contributed by atoms with van der Waals surface area (Å²) in [6.07, 6.45) is 4.56. The third-order valence-electron chi connectivity index (χ3n) is 4.25. The number of amides is 1. The summed E-state index contributed by atoms with van der Waals surface area (Å²) in [5.74, 6) is 1.26. The molecule has 1 unspecified atom stereocenters. The van der Waals surface area contributed by atoms with Gasteiger partial charge in [-0.3, -0.25) is 14.8 Å². The van der Waals surface area contributed by atoms with Crippen molar-refractivity contribution in [2.24, 2.45) is 0 Å². The van der Waals surface area contributed by atoms with Crippen LogP contribution in [0.5, 0.6) is 0 Å². The van der Waals surface area contributed by atoms with Gasteiger partial charge in [0, 0.05) is 18.4 Å². The fourth-order valence-corrected chi connectivity index (χ4v) is 3.15. The molecule has 0 aliphatic carbocycles. The molecule has 0 radical (unpaired) electrons. The molecule has 1 aromatic carbocycles. The summed E-state index contributed by atoms with van der Waals surface area (Å²) in [6, 6.07) is 9.33. The number of benzene rings is 1. The van der Waals surface area contributed by atoms with E-state index in [2.05, 4.69) is 30.5 Å². The fraction of sp³-hybridized carbons (Fsp3) is 0.235. The van der Waals surface area contributed by atoms with Crippen molar-refractivity contribution in [2.75, 3.05) is 10.2 Å². The highest BCUT2D eigenvalue weighted by atomic mass is 16.2. The van der Waals surface area contributed by atoms with E-state index in [-0.39, 0.29) is 11.9 Å². The van der Waals surface area contributed by atoms with Crippen LogP contribution < -0.4 is 10.2 Å². The fourth-order valence-electron chi connectivity index (χ4n) is 3.15. The van der Waals surface area contributed by atoms with Crippen molar-refractivity contribution in [3.8, 4) is 0 Å². The maximum atomic E-state index is 13.7. The number of carbonyl (C=O) groups excluding carboxylic acids is 1. The van der Waals surface area contributed by atoms with E-state index >= 15 is 0 Å². The molecule has 3 heterocycles. The van der Waals surface area contributed by atoms with Crippen LogP contribution in [0.3, 0.4) is 0 Å². The van der Waals surface area contributed by atoms with Gasteiger partial charge in [-0.2, -0.15) is 5.10 Å². The van der Waals surface area contributed by atoms with Gasteiger partial charge in [0.25, 0.3) is 5.91 Å². The third-order valence-corrected chi connectivity index (χ3v) is 4.25. The molecule has 126 valence electrons. The maximum Gasteiger partial charge on any atom is 0.266 e. The zero-order valence-corrected chi connectivity index (χ0v) is 13.8. The van der Waals surface area contributed by atoms with E-state index in [9.17, 15) is 4.79 Å². The molecular weight excluding hydrogens is 318 g/mol. The summed E-state index contributed by atoms with van der Waals surface area (Å²) in [5, 5.41) is 10.1. The van der Waals surface area contributed by atoms with Crippen LogP contribution in [0.2, 0.25) is 0 Å². The van der Waals surface area contributed by atoms with Crippen molar-refractivity contribution in [1.29, 1.82) is 0 Å². The van der Waals surface area contributed by atoms with Gasteiger partial charge in [0.2, 0.25) is 5.54 Å². The number of fused-ring (bicyclic) bond motifs is 1. The summed E-state index contributed by atoms with van der Waals surface area (Å²) >= 11 is 0. The molecule has 1 amide bonds. The van der Waals surface area contributed by atoms with Crippen LogP contribution in [0.1, 0.15) is 25.2 Å². The lowest BCUT2D eigenvalue weighted by Crippen LogP contribution is -2.58. The van der Waals surface area contributed by atoms with Gasteiger partial charge in [-0.25, -0.2) is 15.0 Å². The molecule has 1 aliphatic heterocycles. The third kappa shape index (κ3) is 2.18. The first-order valence-electron chi connectivity index (χ1n) is 7.99. The highest BCUT2D eigenvalue weighted by molar-refractivity contribution is 6.08. The summed E-state index contributed by atoms with van der Waals surface area (Å²) in [4.78, 5) is 28.3. The second-order valence-electron chi connectivity index (χ2n) is 6.07. The Kier molecular flexibility index (Phi) is 3.45. The van der Waals surface area contributed by atoms with Crippen molar-refractivity contribution in [2.45, 2.75) is 25.4 Å². The van der Waals surface area contributed by atoms with Crippen LogP contribution in [0.15, 0.2) is 49.1 Å². The number of aromatic amines is 1. The van der Waals surface area contributed by atoms with Crippen molar-refractivity contribution < 1.29 is 4.79 Å². The van der Waals surface area contributed by atoms with Crippen molar-refractivity contribution in [3.05, 3.63) is 60.4 Å². The molecule has 0 fully saturated rings. The van der Waals surface area contributed by atoms with E-state index < -0.39 is 5.54 Å². The molecule has 3 aromatic rings. The number of aromatic nitrogens is 5. The van der Waals surface area contributed by atoms with Crippen LogP contribution in [0.25, 0.3) is 0 Å². The van der Waals surface area contributed by atoms with E-state index in [1.54, 1.807) is 17.3 Å². The van der Waals surface area contributed by atoms with Crippen LogP contribution in [-0.2, 0) is 10.3 Å². The van der Waals surface area contributed by atoms with E-state index in [1.807, 2.05) is 44.2 Å². The standard InChI is InChI=1S/C17H17N7O/c1-11(2)24-14-13(18-8-9-19-14)22-17(16(24)25,15-20-10-21-23-15)12-6-4-3-5-7-12/h3-11H,1-2H3,(H,18,22)(H,20,21,23). The van der Waals surface area contributed by atoms with Crippen molar-refractivity contribution in [1.82, 2.24) is 25.1 Å². The second-order valence-corrected chi connectivity index (χ2v) is 6.07. The number of nitrogens with one attached hydrogen (secondary N) is 2. The topological polar surface area (TPSA) is 99.7 Å².